The number of ether oxygens (including phenoxy) is 2. The van der Waals surface area contributed by atoms with E-state index in [0.29, 0.717) is 12.2 Å². The van der Waals surface area contributed by atoms with Crippen LogP contribution in [0.1, 0.15) is 23.7 Å². The molecule has 1 N–H and O–H groups in total. The predicted octanol–water partition coefficient (Wildman–Crippen LogP) is 4.12. The molecule has 5 nitrogen and oxygen atoms in total. The van der Waals surface area contributed by atoms with E-state index >= 15 is 0 Å². The van der Waals surface area contributed by atoms with Crippen molar-refractivity contribution in [1.82, 2.24) is 9.97 Å². The normalized spacial score (nSPS) is 21.6. The third kappa shape index (κ3) is 2.54. The predicted molar refractivity (Wildman–Crippen MR) is 90.4 cm³/mol. The van der Waals surface area contributed by atoms with Crippen molar-refractivity contribution in [2.24, 2.45) is 0 Å². The van der Waals surface area contributed by atoms with Gasteiger partial charge in [0.2, 0.25) is 0 Å². The molecule has 1 saturated carbocycles. The molecule has 1 fully saturated rings. The smallest absolute Gasteiger partial charge is 0.387 e. The average molecular weight is 355 g/mol. The molecule has 1 aliphatic rings. The Morgan fingerprint density at radius 3 is 2.77 bits per heavy atom. The molecule has 1 aromatic heterocycles. The van der Waals surface area contributed by atoms with Crippen LogP contribution in [0.4, 0.5) is 8.78 Å². The molecule has 1 heterocycles. The average Bonchev–Trinajstić information content (AvgIpc) is 3.23. The number of aromatic amines is 1. The van der Waals surface area contributed by atoms with E-state index in [1.165, 1.54) is 13.2 Å². The first-order valence-corrected chi connectivity index (χ1v) is 8.06. The molecule has 132 valence electrons. The number of aromatic nitrogens is 2. The summed E-state index contributed by atoms with van der Waals surface area (Å²) in [6.07, 6.45) is 0.559. The van der Waals surface area contributed by atoms with Crippen molar-refractivity contribution in [1.29, 1.82) is 5.26 Å². The molecule has 0 spiro atoms. The van der Waals surface area contributed by atoms with E-state index in [2.05, 4.69) is 20.8 Å². The third-order valence-electron chi connectivity index (χ3n) is 4.78. The van der Waals surface area contributed by atoms with Crippen LogP contribution in [0, 0.1) is 11.3 Å². The van der Waals surface area contributed by atoms with Gasteiger partial charge in [-0.3, -0.25) is 0 Å². The van der Waals surface area contributed by atoms with Crippen LogP contribution in [-0.4, -0.2) is 23.7 Å². The molecule has 3 aromatic rings. The number of para-hydroxylation sites is 2. The summed E-state index contributed by atoms with van der Waals surface area (Å²) in [7, 11) is 1.39. The van der Waals surface area contributed by atoms with Crippen LogP contribution in [0.15, 0.2) is 42.5 Å². The molecule has 0 aliphatic heterocycles. The highest BCUT2D eigenvalue weighted by Gasteiger charge is 2.59. The standard InChI is InChI=1S/C19H15F2N3O2/c1-25-15-7-6-11(8-16(15)26-18(20)21)12-9-19(12,10-22)17-23-13-4-2-3-5-14(13)24-17/h2-8,12,18H,9H2,1H3,(H,23,24). The fourth-order valence-electron chi connectivity index (χ4n) is 3.37. The molecule has 0 bridgehead atoms. The number of hydrogen-bond donors (Lipinski definition) is 1. The van der Waals surface area contributed by atoms with E-state index < -0.39 is 12.0 Å². The highest BCUT2D eigenvalue weighted by molar-refractivity contribution is 5.75. The Kier molecular flexibility index (Phi) is 3.76. The zero-order chi connectivity index (χ0) is 18.3. The molecule has 7 heteroatoms. The van der Waals surface area contributed by atoms with Crippen LogP contribution in [0.2, 0.25) is 0 Å². The van der Waals surface area contributed by atoms with Gasteiger partial charge in [-0.1, -0.05) is 18.2 Å². The number of imidazole rings is 1. The van der Waals surface area contributed by atoms with Crippen LogP contribution in [-0.2, 0) is 5.41 Å². The summed E-state index contributed by atoms with van der Waals surface area (Å²) in [6, 6.07) is 14.8. The summed E-state index contributed by atoms with van der Waals surface area (Å²) in [5.74, 6) is 0.627. The molecular formula is C19H15F2N3O2. The van der Waals surface area contributed by atoms with E-state index in [1.807, 2.05) is 24.3 Å². The molecule has 2 unspecified atom stereocenters. The Morgan fingerprint density at radius 2 is 2.08 bits per heavy atom. The zero-order valence-corrected chi connectivity index (χ0v) is 13.9. The summed E-state index contributed by atoms with van der Waals surface area (Å²) in [6.45, 7) is -2.95. The minimum atomic E-state index is -2.95. The molecule has 4 rings (SSSR count). The van der Waals surface area contributed by atoms with Gasteiger partial charge in [0, 0.05) is 5.92 Å². The van der Waals surface area contributed by atoms with Crippen LogP contribution in [0.5, 0.6) is 11.5 Å². The first kappa shape index (κ1) is 16.3. The van der Waals surface area contributed by atoms with Gasteiger partial charge in [0.05, 0.1) is 24.2 Å². The summed E-state index contributed by atoms with van der Waals surface area (Å²) < 4.78 is 34.9. The second kappa shape index (κ2) is 5.99. The lowest BCUT2D eigenvalue weighted by molar-refractivity contribution is -0.0512. The maximum atomic E-state index is 12.6. The van der Waals surface area contributed by atoms with Gasteiger partial charge in [0.1, 0.15) is 11.2 Å². The van der Waals surface area contributed by atoms with E-state index in [4.69, 9.17) is 4.74 Å². The fraction of sp³-hybridized carbons (Fsp3) is 0.263. The highest BCUT2D eigenvalue weighted by Crippen LogP contribution is 2.60. The Bertz CT molecular complexity index is 978. The third-order valence-corrected chi connectivity index (χ3v) is 4.78. The molecule has 2 aromatic carbocycles. The molecule has 0 saturated heterocycles. The van der Waals surface area contributed by atoms with Crippen molar-refractivity contribution in [3.05, 3.63) is 53.9 Å². The molecule has 0 amide bonds. The van der Waals surface area contributed by atoms with Gasteiger partial charge in [0.25, 0.3) is 0 Å². The molecule has 2 atom stereocenters. The number of alkyl halides is 2. The van der Waals surface area contributed by atoms with Gasteiger partial charge >= 0.3 is 6.61 Å². The zero-order valence-electron chi connectivity index (χ0n) is 13.9. The summed E-state index contributed by atoms with van der Waals surface area (Å²) in [5, 5.41) is 9.80. The van der Waals surface area contributed by atoms with Gasteiger partial charge in [-0.15, -0.1) is 0 Å². The second-order valence-electron chi connectivity index (χ2n) is 6.23. The minimum absolute atomic E-state index is 0.0386. The van der Waals surface area contributed by atoms with Gasteiger partial charge in [0.15, 0.2) is 11.5 Å². The van der Waals surface area contributed by atoms with Crippen LogP contribution in [0.25, 0.3) is 11.0 Å². The minimum Gasteiger partial charge on any atom is -0.493 e. The second-order valence-corrected chi connectivity index (χ2v) is 6.23. The van der Waals surface area contributed by atoms with Gasteiger partial charge in [-0.05, 0) is 36.2 Å². The van der Waals surface area contributed by atoms with E-state index in [9.17, 15) is 14.0 Å². The van der Waals surface area contributed by atoms with Crippen LogP contribution in [0.3, 0.4) is 0 Å². The topological polar surface area (TPSA) is 70.9 Å². The van der Waals surface area contributed by atoms with Gasteiger partial charge < -0.3 is 14.5 Å². The van der Waals surface area contributed by atoms with E-state index in [1.54, 1.807) is 12.1 Å². The van der Waals surface area contributed by atoms with Crippen molar-refractivity contribution in [3.8, 4) is 17.6 Å². The Labute approximate surface area is 148 Å². The van der Waals surface area contributed by atoms with Gasteiger partial charge in [-0.2, -0.15) is 14.0 Å². The maximum absolute atomic E-state index is 12.6. The number of H-pyrrole nitrogens is 1. The quantitative estimate of drug-likeness (QED) is 0.747. The number of nitrogens with one attached hydrogen (secondary N) is 1. The number of rotatable bonds is 5. The fourth-order valence-corrected chi connectivity index (χ4v) is 3.37. The number of hydrogen-bond acceptors (Lipinski definition) is 4. The van der Waals surface area contributed by atoms with E-state index in [0.717, 1.165) is 16.6 Å². The summed E-state index contributed by atoms with van der Waals surface area (Å²) in [5.41, 5.74) is 1.59. The van der Waals surface area contributed by atoms with Crippen molar-refractivity contribution in [2.75, 3.05) is 7.11 Å². The van der Waals surface area contributed by atoms with E-state index in [-0.39, 0.29) is 17.4 Å². The Balaban J connectivity index is 1.70. The monoisotopic (exact) mass is 355 g/mol. The number of nitrogens with zero attached hydrogens (tertiary/aromatic N) is 2. The van der Waals surface area contributed by atoms with Crippen molar-refractivity contribution in [2.45, 2.75) is 24.4 Å². The number of methoxy groups -OCH3 is 1. The summed E-state index contributed by atoms with van der Waals surface area (Å²) in [4.78, 5) is 7.75. The SMILES string of the molecule is COc1ccc(C2CC2(C#N)c2nc3ccccc3[nH]2)cc1OC(F)F. The number of nitriles is 1. The van der Waals surface area contributed by atoms with Crippen molar-refractivity contribution in [3.63, 3.8) is 0 Å². The molecule has 1 aliphatic carbocycles. The lowest BCUT2D eigenvalue weighted by Gasteiger charge is -2.12. The maximum Gasteiger partial charge on any atom is 0.387 e. The highest BCUT2D eigenvalue weighted by atomic mass is 19.3. The van der Waals surface area contributed by atoms with Gasteiger partial charge in [-0.25, -0.2) is 4.98 Å². The Morgan fingerprint density at radius 1 is 1.27 bits per heavy atom. The summed E-state index contributed by atoms with van der Waals surface area (Å²) >= 11 is 0. The van der Waals surface area contributed by atoms with Crippen molar-refractivity contribution >= 4 is 11.0 Å². The first-order chi connectivity index (χ1) is 12.6. The van der Waals surface area contributed by atoms with Crippen molar-refractivity contribution < 1.29 is 18.3 Å². The lowest BCUT2D eigenvalue weighted by Crippen LogP contribution is -2.09. The molecule has 26 heavy (non-hydrogen) atoms. The molecular weight excluding hydrogens is 340 g/mol. The lowest BCUT2D eigenvalue weighted by atomic mass is 9.99. The first-order valence-electron chi connectivity index (χ1n) is 8.06. The number of benzene rings is 2. The number of halogens is 2. The number of fused-ring (bicyclic) bond motifs is 1. The van der Waals surface area contributed by atoms with Crippen LogP contribution < -0.4 is 9.47 Å². The largest absolute Gasteiger partial charge is 0.493 e. The van der Waals surface area contributed by atoms with Crippen LogP contribution >= 0.6 is 0 Å². The Hall–Kier alpha value is -3.14. The molecule has 0 radical (unpaired) electrons.